The molecule has 0 aromatic heterocycles. The van der Waals surface area contributed by atoms with Crippen molar-refractivity contribution in [2.24, 2.45) is 5.73 Å². The molecule has 2 rings (SSSR count). The first kappa shape index (κ1) is 13.6. The molecule has 1 atom stereocenters. The zero-order chi connectivity index (χ0) is 13.5. The molecular formula is C16H18FNO. The summed E-state index contributed by atoms with van der Waals surface area (Å²) in [7, 11) is 0. The van der Waals surface area contributed by atoms with E-state index in [0.717, 1.165) is 6.42 Å². The van der Waals surface area contributed by atoms with E-state index in [0.29, 0.717) is 18.9 Å². The summed E-state index contributed by atoms with van der Waals surface area (Å²) in [6, 6.07) is 16.2. The van der Waals surface area contributed by atoms with Crippen molar-refractivity contribution < 1.29 is 9.13 Å². The molecule has 0 saturated heterocycles. The predicted octanol–water partition coefficient (Wildman–Crippen LogP) is 3.34. The van der Waals surface area contributed by atoms with Crippen LogP contribution in [-0.4, -0.2) is 13.2 Å². The first-order valence-corrected chi connectivity index (χ1v) is 6.43. The first-order valence-electron chi connectivity index (χ1n) is 6.43. The molecule has 0 aliphatic heterocycles. The summed E-state index contributed by atoms with van der Waals surface area (Å²) in [4.78, 5) is 0. The van der Waals surface area contributed by atoms with Crippen LogP contribution in [0.3, 0.4) is 0 Å². The molecule has 2 N–H and O–H groups in total. The van der Waals surface area contributed by atoms with Gasteiger partial charge in [-0.2, -0.15) is 0 Å². The molecule has 2 aromatic carbocycles. The summed E-state index contributed by atoms with van der Waals surface area (Å²) in [5.74, 6) is 0.685. The SMILES string of the molecule is NCCC(COc1ccc(F)cc1)c1ccccc1. The Balaban J connectivity index is 1.99. The van der Waals surface area contributed by atoms with E-state index in [1.807, 2.05) is 18.2 Å². The van der Waals surface area contributed by atoms with Gasteiger partial charge in [0.25, 0.3) is 0 Å². The minimum absolute atomic E-state index is 0.256. The van der Waals surface area contributed by atoms with Crippen LogP contribution in [0.15, 0.2) is 54.6 Å². The molecule has 0 heterocycles. The number of hydrogen-bond donors (Lipinski definition) is 1. The van der Waals surface area contributed by atoms with Gasteiger partial charge in [0, 0.05) is 5.92 Å². The van der Waals surface area contributed by atoms with Crippen molar-refractivity contribution in [2.45, 2.75) is 12.3 Å². The fraction of sp³-hybridized carbons (Fsp3) is 0.250. The first-order chi connectivity index (χ1) is 9.29. The molecule has 19 heavy (non-hydrogen) atoms. The number of halogens is 1. The van der Waals surface area contributed by atoms with Crippen molar-refractivity contribution in [3.8, 4) is 5.75 Å². The zero-order valence-corrected chi connectivity index (χ0v) is 10.8. The minimum atomic E-state index is -0.256. The van der Waals surface area contributed by atoms with Gasteiger partial charge >= 0.3 is 0 Å². The molecule has 2 nitrogen and oxygen atoms in total. The lowest BCUT2D eigenvalue weighted by molar-refractivity contribution is 0.282. The summed E-state index contributed by atoms with van der Waals surface area (Å²) in [6.07, 6.45) is 0.866. The highest BCUT2D eigenvalue weighted by Crippen LogP contribution is 2.21. The van der Waals surface area contributed by atoms with Crippen LogP contribution < -0.4 is 10.5 Å². The molecule has 0 aliphatic rings. The summed E-state index contributed by atoms with van der Waals surface area (Å²) < 4.78 is 18.5. The quantitative estimate of drug-likeness (QED) is 0.863. The predicted molar refractivity (Wildman–Crippen MR) is 74.7 cm³/mol. The minimum Gasteiger partial charge on any atom is -0.493 e. The summed E-state index contributed by atoms with van der Waals surface area (Å²) in [6.45, 7) is 1.17. The van der Waals surface area contributed by atoms with Crippen molar-refractivity contribution >= 4 is 0 Å². The average Bonchev–Trinajstić information content (AvgIpc) is 2.46. The van der Waals surface area contributed by atoms with Crippen LogP contribution in [0.1, 0.15) is 17.9 Å². The molecule has 0 spiro atoms. The molecule has 0 fully saturated rings. The number of rotatable bonds is 6. The fourth-order valence-corrected chi connectivity index (χ4v) is 2.00. The molecule has 0 saturated carbocycles. The molecule has 100 valence electrons. The second kappa shape index (κ2) is 6.90. The molecule has 0 radical (unpaired) electrons. The average molecular weight is 259 g/mol. The number of hydrogen-bond acceptors (Lipinski definition) is 2. The van der Waals surface area contributed by atoms with Gasteiger partial charge in [-0.05, 0) is 42.8 Å². The van der Waals surface area contributed by atoms with Crippen LogP contribution in [0.25, 0.3) is 0 Å². The summed E-state index contributed by atoms with van der Waals surface area (Å²) >= 11 is 0. The maximum absolute atomic E-state index is 12.8. The van der Waals surface area contributed by atoms with Crippen molar-refractivity contribution in [1.82, 2.24) is 0 Å². The lowest BCUT2D eigenvalue weighted by Crippen LogP contribution is -2.14. The molecule has 1 unspecified atom stereocenters. The van der Waals surface area contributed by atoms with Crippen molar-refractivity contribution in [3.63, 3.8) is 0 Å². The van der Waals surface area contributed by atoms with Crippen LogP contribution in [0.4, 0.5) is 4.39 Å². The van der Waals surface area contributed by atoms with Gasteiger partial charge in [-0.15, -0.1) is 0 Å². The monoisotopic (exact) mass is 259 g/mol. The normalized spacial score (nSPS) is 12.1. The largest absolute Gasteiger partial charge is 0.493 e. The van der Waals surface area contributed by atoms with Gasteiger partial charge in [0.15, 0.2) is 0 Å². The Morgan fingerprint density at radius 3 is 2.32 bits per heavy atom. The Bertz CT molecular complexity index is 484. The second-order valence-corrected chi connectivity index (χ2v) is 4.45. The van der Waals surface area contributed by atoms with Crippen molar-refractivity contribution in [2.75, 3.05) is 13.2 Å². The summed E-state index contributed by atoms with van der Waals surface area (Å²) in [5, 5.41) is 0. The Hall–Kier alpha value is -1.87. The van der Waals surface area contributed by atoms with Crippen LogP contribution >= 0.6 is 0 Å². The Labute approximate surface area is 113 Å². The highest BCUT2D eigenvalue weighted by molar-refractivity contribution is 5.23. The Morgan fingerprint density at radius 1 is 1.00 bits per heavy atom. The van der Waals surface area contributed by atoms with Gasteiger partial charge in [-0.3, -0.25) is 0 Å². The standard InChI is InChI=1S/C16H18FNO/c17-15-6-8-16(9-7-15)19-12-14(10-11-18)13-4-2-1-3-5-13/h1-9,14H,10-12,18H2. The van der Waals surface area contributed by atoms with E-state index in [-0.39, 0.29) is 11.7 Å². The van der Waals surface area contributed by atoms with Gasteiger partial charge in [-0.25, -0.2) is 4.39 Å². The maximum atomic E-state index is 12.8. The van der Waals surface area contributed by atoms with Gasteiger partial charge in [0.05, 0.1) is 6.61 Å². The van der Waals surface area contributed by atoms with E-state index in [2.05, 4.69) is 12.1 Å². The molecule has 0 amide bonds. The fourth-order valence-electron chi connectivity index (χ4n) is 2.00. The molecule has 3 heteroatoms. The summed E-state index contributed by atoms with van der Waals surface area (Å²) in [5.41, 5.74) is 6.87. The Kier molecular flexibility index (Phi) is 4.93. The van der Waals surface area contributed by atoms with Crippen LogP contribution in [0, 0.1) is 5.82 Å². The number of nitrogens with two attached hydrogens (primary N) is 1. The van der Waals surface area contributed by atoms with Crippen molar-refractivity contribution in [3.05, 3.63) is 66.0 Å². The van der Waals surface area contributed by atoms with E-state index in [1.165, 1.54) is 17.7 Å². The third-order valence-electron chi connectivity index (χ3n) is 3.05. The van der Waals surface area contributed by atoms with Crippen LogP contribution in [0.5, 0.6) is 5.75 Å². The van der Waals surface area contributed by atoms with E-state index in [1.54, 1.807) is 12.1 Å². The highest BCUT2D eigenvalue weighted by atomic mass is 19.1. The number of ether oxygens (including phenoxy) is 1. The van der Waals surface area contributed by atoms with E-state index in [9.17, 15) is 4.39 Å². The highest BCUT2D eigenvalue weighted by Gasteiger charge is 2.11. The van der Waals surface area contributed by atoms with Gasteiger partial charge in [0.2, 0.25) is 0 Å². The van der Waals surface area contributed by atoms with Crippen molar-refractivity contribution in [1.29, 1.82) is 0 Å². The van der Waals surface area contributed by atoms with Gasteiger partial charge in [-0.1, -0.05) is 30.3 Å². The Morgan fingerprint density at radius 2 is 1.68 bits per heavy atom. The topological polar surface area (TPSA) is 35.2 Å². The lowest BCUT2D eigenvalue weighted by atomic mass is 9.97. The third kappa shape index (κ3) is 4.07. The van der Waals surface area contributed by atoms with Crippen LogP contribution in [-0.2, 0) is 0 Å². The maximum Gasteiger partial charge on any atom is 0.123 e. The molecule has 0 aliphatic carbocycles. The third-order valence-corrected chi connectivity index (χ3v) is 3.05. The van der Waals surface area contributed by atoms with Crippen LogP contribution in [0.2, 0.25) is 0 Å². The van der Waals surface area contributed by atoms with Gasteiger partial charge < -0.3 is 10.5 Å². The van der Waals surface area contributed by atoms with E-state index in [4.69, 9.17) is 10.5 Å². The lowest BCUT2D eigenvalue weighted by Gasteiger charge is -2.17. The zero-order valence-electron chi connectivity index (χ0n) is 10.8. The number of benzene rings is 2. The van der Waals surface area contributed by atoms with E-state index < -0.39 is 0 Å². The smallest absolute Gasteiger partial charge is 0.123 e. The molecule has 2 aromatic rings. The second-order valence-electron chi connectivity index (χ2n) is 4.45. The van der Waals surface area contributed by atoms with E-state index >= 15 is 0 Å². The van der Waals surface area contributed by atoms with Gasteiger partial charge in [0.1, 0.15) is 11.6 Å². The molecular weight excluding hydrogens is 241 g/mol. The molecule has 0 bridgehead atoms.